The first-order chi connectivity index (χ1) is 8.16. The second kappa shape index (κ2) is 5.63. The average Bonchev–Trinajstić information content (AvgIpc) is 2.84. The van der Waals surface area contributed by atoms with Gasteiger partial charge in [-0.3, -0.25) is 4.79 Å². The van der Waals surface area contributed by atoms with E-state index in [2.05, 4.69) is 0 Å². The van der Waals surface area contributed by atoms with Crippen LogP contribution in [0.4, 0.5) is 8.78 Å². The molecule has 0 amide bonds. The van der Waals surface area contributed by atoms with Crippen molar-refractivity contribution >= 4 is 17.5 Å². The summed E-state index contributed by atoms with van der Waals surface area (Å²) in [5.74, 6) is -0.930. The Morgan fingerprint density at radius 2 is 1.94 bits per heavy atom. The molecule has 1 aliphatic carbocycles. The Bertz CT molecular complexity index is 414. The van der Waals surface area contributed by atoms with Crippen molar-refractivity contribution < 1.29 is 13.6 Å². The van der Waals surface area contributed by atoms with Crippen molar-refractivity contribution in [2.75, 3.05) is 5.75 Å². The summed E-state index contributed by atoms with van der Waals surface area (Å²) in [4.78, 5) is 12.4. The number of rotatable bonds is 4. The van der Waals surface area contributed by atoms with Crippen molar-refractivity contribution in [1.82, 2.24) is 0 Å². The highest BCUT2D eigenvalue weighted by atomic mass is 32.2. The fourth-order valence-corrected chi connectivity index (χ4v) is 2.98. The van der Waals surface area contributed by atoms with Gasteiger partial charge in [-0.25, -0.2) is 8.78 Å². The smallest absolute Gasteiger partial charge is 0.159 e. The van der Waals surface area contributed by atoms with Crippen LogP contribution in [0.2, 0.25) is 0 Å². The van der Waals surface area contributed by atoms with Crippen molar-refractivity contribution in [2.45, 2.75) is 30.6 Å². The van der Waals surface area contributed by atoms with Crippen LogP contribution >= 0.6 is 11.8 Å². The van der Waals surface area contributed by atoms with Crippen LogP contribution in [-0.4, -0.2) is 11.5 Å². The second-order valence-corrected chi connectivity index (χ2v) is 5.36. The number of thioether (sulfide) groups is 1. The lowest BCUT2D eigenvalue weighted by Gasteiger charge is -2.07. The number of Topliss-reactive ketones (excluding diaryl/α,β-unsaturated/α-hetero) is 1. The van der Waals surface area contributed by atoms with Gasteiger partial charge in [0, 0.05) is 10.8 Å². The number of carbonyl (C=O) groups excluding carboxylic acids is 1. The molecule has 0 radical (unpaired) electrons. The van der Waals surface area contributed by atoms with Gasteiger partial charge in [0.05, 0.1) is 5.75 Å². The highest BCUT2D eigenvalue weighted by Crippen LogP contribution is 2.28. The third-order valence-corrected chi connectivity index (χ3v) is 4.10. The zero-order valence-corrected chi connectivity index (χ0v) is 10.2. The minimum Gasteiger partial charge on any atom is -0.298 e. The molecule has 92 valence electrons. The largest absolute Gasteiger partial charge is 0.298 e. The maximum atomic E-state index is 12.9. The van der Waals surface area contributed by atoms with Crippen LogP contribution in [0.5, 0.6) is 0 Å². The average molecular weight is 256 g/mol. The molecule has 0 aromatic heterocycles. The number of benzene rings is 1. The molecule has 1 aliphatic rings. The van der Waals surface area contributed by atoms with Gasteiger partial charge >= 0.3 is 0 Å². The van der Waals surface area contributed by atoms with Gasteiger partial charge in [0.1, 0.15) is 5.78 Å². The van der Waals surface area contributed by atoms with Crippen molar-refractivity contribution in [3.8, 4) is 0 Å². The predicted molar refractivity (Wildman–Crippen MR) is 64.0 cm³/mol. The molecule has 4 heteroatoms. The lowest BCUT2D eigenvalue weighted by atomic mass is 10.0. The van der Waals surface area contributed by atoms with Crippen LogP contribution < -0.4 is 0 Å². The Hall–Kier alpha value is -0.900. The van der Waals surface area contributed by atoms with Crippen LogP contribution in [0, 0.1) is 17.6 Å². The minimum atomic E-state index is -0.858. The molecule has 1 saturated carbocycles. The summed E-state index contributed by atoms with van der Waals surface area (Å²) in [6, 6.07) is 3.74. The van der Waals surface area contributed by atoms with E-state index >= 15 is 0 Å². The number of hydrogen-bond donors (Lipinski definition) is 0. The molecule has 1 fully saturated rings. The molecule has 2 rings (SSSR count). The highest BCUT2D eigenvalue weighted by molar-refractivity contribution is 8.00. The van der Waals surface area contributed by atoms with E-state index in [4.69, 9.17) is 0 Å². The summed E-state index contributed by atoms with van der Waals surface area (Å²) >= 11 is 1.28. The first-order valence-electron chi connectivity index (χ1n) is 5.77. The van der Waals surface area contributed by atoms with Crippen LogP contribution in [-0.2, 0) is 4.79 Å². The topological polar surface area (TPSA) is 17.1 Å². The molecule has 0 spiro atoms. The Morgan fingerprint density at radius 3 is 2.59 bits per heavy atom. The Morgan fingerprint density at radius 1 is 1.24 bits per heavy atom. The van der Waals surface area contributed by atoms with Gasteiger partial charge in [-0.05, 0) is 31.0 Å². The fourth-order valence-electron chi connectivity index (χ4n) is 2.09. The van der Waals surface area contributed by atoms with E-state index in [1.54, 1.807) is 0 Å². The van der Waals surface area contributed by atoms with Crippen LogP contribution in [0.3, 0.4) is 0 Å². The van der Waals surface area contributed by atoms with E-state index in [1.165, 1.54) is 17.8 Å². The third kappa shape index (κ3) is 3.28. The molecule has 0 saturated heterocycles. The molecule has 1 aromatic rings. The van der Waals surface area contributed by atoms with Crippen LogP contribution in [0.1, 0.15) is 25.7 Å². The first kappa shape index (κ1) is 12.6. The van der Waals surface area contributed by atoms with Gasteiger partial charge in [-0.15, -0.1) is 11.8 Å². The lowest BCUT2D eigenvalue weighted by Crippen LogP contribution is -2.12. The maximum Gasteiger partial charge on any atom is 0.159 e. The summed E-state index contributed by atoms with van der Waals surface area (Å²) in [5, 5.41) is 0. The summed E-state index contributed by atoms with van der Waals surface area (Å²) in [7, 11) is 0. The molecular weight excluding hydrogens is 242 g/mol. The minimum absolute atomic E-state index is 0.188. The molecule has 0 bridgehead atoms. The quantitative estimate of drug-likeness (QED) is 0.762. The van der Waals surface area contributed by atoms with E-state index in [0.717, 1.165) is 37.8 Å². The second-order valence-electron chi connectivity index (χ2n) is 4.31. The fraction of sp³-hybridized carbons (Fsp3) is 0.462. The van der Waals surface area contributed by atoms with Crippen LogP contribution in [0.25, 0.3) is 0 Å². The summed E-state index contributed by atoms with van der Waals surface area (Å²) in [6.07, 6.45) is 4.23. The van der Waals surface area contributed by atoms with E-state index in [0.29, 0.717) is 10.6 Å². The number of ketones is 1. The number of halogens is 2. The lowest BCUT2D eigenvalue weighted by molar-refractivity contribution is -0.120. The molecule has 1 aromatic carbocycles. The molecule has 0 unspecified atom stereocenters. The Balaban J connectivity index is 1.88. The van der Waals surface area contributed by atoms with E-state index in [-0.39, 0.29) is 11.7 Å². The summed E-state index contributed by atoms with van der Waals surface area (Å²) in [6.45, 7) is 0. The third-order valence-electron chi connectivity index (χ3n) is 3.08. The van der Waals surface area contributed by atoms with Gasteiger partial charge in [0.25, 0.3) is 0 Å². The normalized spacial score (nSPS) is 16.4. The summed E-state index contributed by atoms with van der Waals surface area (Å²) < 4.78 is 25.6. The number of carbonyl (C=O) groups is 1. The van der Waals surface area contributed by atoms with E-state index in [1.807, 2.05) is 0 Å². The molecule has 1 nitrogen and oxygen atoms in total. The SMILES string of the molecule is O=C(CSc1ccc(F)c(F)c1)C1CCCC1. The van der Waals surface area contributed by atoms with E-state index in [9.17, 15) is 13.6 Å². The van der Waals surface area contributed by atoms with Crippen molar-refractivity contribution in [1.29, 1.82) is 0 Å². The van der Waals surface area contributed by atoms with Gasteiger partial charge in [-0.2, -0.15) is 0 Å². The zero-order valence-electron chi connectivity index (χ0n) is 9.42. The van der Waals surface area contributed by atoms with Crippen molar-refractivity contribution in [2.24, 2.45) is 5.92 Å². The Labute approximate surface area is 104 Å². The zero-order chi connectivity index (χ0) is 12.3. The summed E-state index contributed by atoms with van der Waals surface area (Å²) in [5.41, 5.74) is 0. The first-order valence-corrected chi connectivity index (χ1v) is 6.76. The number of hydrogen-bond acceptors (Lipinski definition) is 2. The highest BCUT2D eigenvalue weighted by Gasteiger charge is 2.22. The molecular formula is C13H14F2OS. The van der Waals surface area contributed by atoms with Gasteiger partial charge in [0.15, 0.2) is 11.6 Å². The molecule has 0 heterocycles. The van der Waals surface area contributed by atoms with Crippen molar-refractivity contribution in [3.63, 3.8) is 0 Å². The molecule has 17 heavy (non-hydrogen) atoms. The molecule has 0 N–H and O–H groups in total. The van der Waals surface area contributed by atoms with Gasteiger partial charge in [0.2, 0.25) is 0 Å². The molecule has 0 aliphatic heterocycles. The monoisotopic (exact) mass is 256 g/mol. The van der Waals surface area contributed by atoms with Crippen LogP contribution in [0.15, 0.2) is 23.1 Å². The standard InChI is InChI=1S/C13H14F2OS/c14-11-6-5-10(7-12(11)15)17-8-13(16)9-3-1-2-4-9/h5-7,9H,1-4,8H2. The Kier molecular flexibility index (Phi) is 4.15. The van der Waals surface area contributed by atoms with E-state index < -0.39 is 11.6 Å². The van der Waals surface area contributed by atoms with Gasteiger partial charge in [-0.1, -0.05) is 12.8 Å². The van der Waals surface area contributed by atoms with Crippen molar-refractivity contribution in [3.05, 3.63) is 29.8 Å². The predicted octanol–water partition coefficient (Wildman–Crippen LogP) is 3.82. The maximum absolute atomic E-state index is 12.9. The molecule has 0 atom stereocenters. The van der Waals surface area contributed by atoms with Gasteiger partial charge < -0.3 is 0 Å².